The minimum absolute atomic E-state index is 0.159. The fourth-order valence-electron chi connectivity index (χ4n) is 2.16. The summed E-state index contributed by atoms with van der Waals surface area (Å²) in [6, 6.07) is 4.96. The van der Waals surface area contributed by atoms with Crippen molar-refractivity contribution in [1.29, 1.82) is 0 Å². The Balaban J connectivity index is 2.53. The maximum absolute atomic E-state index is 11.2. The number of ether oxygens (including phenoxy) is 2. The van der Waals surface area contributed by atoms with Gasteiger partial charge in [0, 0.05) is 0 Å². The molecule has 0 spiro atoms. The van der Waals surface area contributed by atoms with Gasteiger partial charge in [-0.1, -0.05) is 45.1 Å². The van der Waals surface area contributed by atoms with Crippen LogP contribution >= 0.6 is 0 Å². The van der Waals surface area contributed by atoms with Gasteiger partial charge in [0.25, 0.3) is 0 Å². The van der Waals surface area contributed by atoms with E-state index in [-0.39, 0.29) is 5.56 Å². The minimum atomic E-state index is -0.991. The van der Waals surface area contributed by atoms with E-state index in [1.165, 1.54) is 25.7 Å². The fourth-order valence-corrected chi connectivity index (χ4v) is 2.16. The lowest BCUT2D eigenvalue weighted by molar-refractivity contribution is 0.0691. The van der Waals surface area contributed by atoms with E-state index >= 15 is 0 Å². The molecule has 0 saturated heterocycles. The third kappa shape index (κ3) is 6.06. The van der Waals surface area contributed by atoms with Crippen LogP contribution in [-0.4, -0.2) is 24.3 Å². The molecule has 21 heavy (non-hydrogen) atoms. The topological polar surface area (TPSA) is 55.8 Å². The third-order valence-electron chi connectivity index (χ3n) is 3.25. The molecule has 0 amide bonds. The molecule has 0 atom stereocenters. The van der Waals surface area contributed by atoms with Gasteiger partial charge in [-0.15, -0.1) is 0 Å². The Kier molecular flexibility index (Phi) is 8.32. The highest BCUT2D eigenvalue weighted by Crippen LogP contribution is 2.31. The molecule has 1 N–H and O–H groups in total. The maximum Gasteiger partial charge on any atom is 0.339 e. The SMILES string of the molecule is CCCCCCCCOc1c(OCC)cccc1C(=O)O. The molecular weight excluding hydrogens is 268 g/mol. The molecule has 0 unspecified atom stereocenters. The summed E-state index contributed by atoms with van der Waals surface area (Å²) in [6.45, 7) is 5.07. The fraction of sp³-hybridized carbons (Fsp3) is 0.588. The van der Waals surface area contributed by atoms with Crippen LogP contribution in [0.4, 0.5) is 0 Å². The summed E-state index contributed by atoms with van der Waals surface area (Å²) in [5, 5.41) is 9.22. The zero-order chi connectivity index (χ0) is 15.5. The molecule has 0 aromatic heterocycles. The molecule has 0 radical (unpaired) electrons. The van der Waals surface area contributed by atoms with Crippen molar-refractivity contribution in [3.8, 4) is 11.5 Å². The molecular formula is C17H26O4. The molecule has 4 nitrogen and oxygen atoms in total. The molecule has 0 fully saturated rings. The highest BCUT2D eigenvalue weighted by molar-refractivity contribution is 5.92. The predicted molar refractivity (Wildman–Crippen MR) is 83.4 cm³/mol. The number of carbonyl (C=O) groups is 1. The first-order valence-corrected chi connectivity index (χ1v) is 7.82. The van der Waals surface area contributed by atoms with Crippen LogP contribution in [0.2, 0.25) is 0 Å². The molecule has 0 aliphatic carbocycles. The molecule has 0 saturated carbocycles. The Labute approximate surface area is 127 Å². The first kappa shape index (κ1) is 17.3. The number of hydrogen-bond donors (Lipinski definition) is 1. The summed E-state index contributed by atoms with van der Waals surface area (Å²) >= 11 is 0. The van der Waals surface area contributed by atoms with E-state index in [9.17, 15) is 9.90 Å². The highest BCUT2D eigenvalue weighted by Gasteiger charge is 2.16. The van der Waals surface area contributed by atoms with E-state index in [0.717, 1.165) is 12.8 Å². The van der Waals surface area contributed by atoms with Gasteiger partial charge < -0.3 is 14.6 Å². The van der Waals surface area contributed by atoms with Gasteiger partial charge in [-0.3, -0.25) is 0 Å². The largest absolute Gasteiger partial charge is 0.490 e. The van der Waals surface area contributed by atoms with Crippen molar-refractivity contribution in [3.05, 3.63) is 23.8 Å². The summed E-state index contributed by atoms with van der Waals surface area (Å²) in [5.41, 5.74) is 0.159. The van der Waals surface area contributed by atoms with E-state index in [0.29, 0.717) is 24.7 Å². The van der Waals surface area contributed by atoms with Gasteiger partial charge in [-0.05, 0) is 25.5 Å². The first-order chi connectivity index (χ1) is 10.2. The van der Waals surface area contributed by atoms with Crippen LogP contribution in [0.15, 0.2) is 18.2 Å². The predicted octanol–water partition coefficient (Wildman–Crippen LogP) is 4.52. The summed E-state index contributed by atoms with van der Waals surface area (Å²) in [5.74, 6) is -0.140. The molecule has 0 bridgehead atoms. The van der Waals surface area contributed by atoms with E-state index in [4.69, 9.17) is 9.47 Å². The van der Waals surface area contributed by atoms with Gasteiger partial charge in [0.05, 0.1) is 13.2 Å². The van der Waals surface area contributed by atoms with Crippen molar-refractivity contribution in [2.45, 2.75) is 52.4 Å². The van der Waals surface area contributed by atoms with Crippen LogP contribution in [0.1, 0.15) is 62.7 Å². The summed E-state index contributed by atoms with van der Waals surface area (Å²) in [4.78, 5) is 11.2. The van der Waals surface area contributed by atoms with E-state index in [2.05, 4.69) is 6.92 Å². The number of rotatable bonds is 11. The summed E-state index contributed by atoms with van der Waals surface area (Å²) < 4.78 is 11.1. The monoisotopic (exact) mass is 294 g/mol. The van der Waals surface area contributed by atoms with E-state index < -0.39 is 5.97 Å². The van der Waals surface area contributed by atoms with Crippen LogP contribution in [0.3, 0.4) is 0 Å². The van der Waals surface area contributed by atoms with Crippen LogP contribution in [0.25, 0.3) is 0 Å². The Morgan fingerprint density at radius 3 is 2.43 bits per heavy atom. The van der Waals surface area contributed by atoms with Crippen molar-refractivity contribution in [1.82, 2.24) is 0 Å². The second-order valence-corrected chi connectivity index (χ2v) is 4.99. The molecule has 1 aromatic carbocycles. The zero-order valence-corrected chi connectivity index (χ0v) is 13.1. The molecule has 1 rings (SSSR count). The number of carboxylic acids is 1. The van der Waals surface area contributed by atoms with E-state index in [1.807, 2.05) is 6.92 Å². The van der Waals surface area contributed by atoms with Crippen molar-refractivity contribution in [2.75, 3.05) is 13.2 Å². The lowest BCUT2D eigenvalue weighted by Gasteiger charge is -2.14. The van der Waals surface area contributed by atoms with Crippen molar-refractivity contribution < 1.29 is 19.4 Å². The maximum atomic E-state index is 11.2. The lowest BCUT2D eigenvalue weighted by atomic mass is 10.1. The number of benzene rings is 1. The summed E-state index contributed by atoms with van der Waals surface area (Å²) in [7, 11) is 0. The Morgan fingerprint density at radius 2 is 1.76 bits per heavy atom. The van der Waals surface area contributed by atoms with Gasteiger partial charge in [0.15, 0.2) is 11.5 Å². The van der Waals surface area contributed by atoms with Crippen LogP contribution in [-0.2, 0) is 0 Å². The molecule has 0 heterocycles. The quantitative estimate of drug-likeness (QED) is 0.609. The Morgan fingerprint density at radius 1 is 1.05 bits per heavy atom. The molecule has 0 aliphatic heterocycles. The van der Waals surface area contributed by atoms with Crippen molar-refractivity contribution >= 4 is 5.97 Å². The van der Waals surface area contributed by atoms with Gasteiger partial charge >= 0.3 is 5.97 Å². The molecule has 0 aliphatic rings. The second kappa shape index (κ2) is 10.1. The molecule has 118 valence electrons. The average Bonchev–Trinajstić information content (AvgIpc) is 2.47. The Hall–Kier alpha value is -1.71. The third-order valence-corrected chi connectivity index (χ3v) is 3.25. The molecule has 1 aromatic rings. The number of aromatic carboxylic acids is 1. The molecule has 4 heteroatoms. The smallest absolute Gasteiger partial charge is 0.339 e. The van der Waals surface area contributed by atoms with Crippen LogP contribution in [0.5, 0.6) is 11.5 Å². The normalized spacial score (nSPS) is 10.4. The van der Waals surface area contributed by atoms with Crippen LogP contribution < -0.4 is 9.47 Å². The average molecular weight is 294 g/mol. The standard InChI is InChI=1S/C17H26O4/c1-3-5-6-7-8-9-13-21-16-14(17(18)19)11-10-12-15(16)20-4-2/h10-12H,3-9,13H2,1-2H3,(H,18,19). The van der Waals surface area contributed by atoms with Crippen LogP contribution in [0, 0.1) is 0 Å². The van der Waals surface area contributed by atoms with Gasteiger partial charge in [0.1, 0.15) is 5.56 Å². The van der Waals surface area contributed by atoms with Gasteiger partial charge in [0.2, 0.25) is 0 Å². The van der Waals surface area contributed by atoms with Gasteiger partial charge in [-0.2, -0.15) is 0 Å². The summed E-state index contributed by atoms with van der Waals surface area (Å²) in [6.07, 6.45) is 7.02. The highest BCUT2D eigenvalue weighted by atomic mass is 16.5. The second-order valence-electron chi connectivity index (χ2n) is 4.99. The first-order valence-electron chi connectivity index (χ1n) is 7.82. The van der Waals surface area contributed by atoms with E-state index in [1.54, 1.807) is 18.2 Å². The zero-order valence-electron chi connectivity index (χ0n) is 13.1. The number of hydrogen-bond acceptors (Lipinski definition) is 3. The minimum Gasteiger partial charge on any atom is -0.490 e. The van der Waals surface area contributed by atoms with Crippen molar-refractivity contribution in [2.24, 2.45) is 0 Å². The Bertz CT molecular complexity index is 429. The number of carboxylic acid groups (broad SMARTS) is 1. The van der Waals surface area contributed by atoms with Crippen molar-refractivity contribution in [3.63, 3.8) is 0 Å². The lowest BCUT2D eigenvalue weighted by Crippen LogP contribution is -2.07. The number of unbranched alkanes of at least 4 members (excludes halogenated alkanes) is 5. The number of para-hydroxylation sites is 1. The van der Waals surface area contributed by atoms with Gasteiger partial charge in [-0.25, -0.2) is 4.79 Å².